The molecule has 25 heavy (non-hydrogen) atoms. The molecule has 3 aromatic rings. The average Bonchev–Trinajstić information content (AvgIpc) is 2.63. The SMILES string of the molecule is C=C(C)Oc1ccc(C(=O)Oc2ccc(-c3ccccc3)cc2)cc1. The van der Waals surface area contributed by atoms with Crippen LogP contribution in [0.3, 0.4) is 0 Å². The predicted octanol–water partition coefficient (Wildman–Crippen LogP) is 5.49. The first-order valence-corrected chi connectivity index (χ1v) is 7.93. The molecule has 0 saturated heterocycles. The monoisotopic (exact) mass is 330 g/mol. The van der Waals surface area contributed by atoms with Crippen LogP contribution in [0.1, 0.15) is 17.3 Å². The van der Waals surface area contributed by atoms with Crippen LogP contribution in [0.15, 0.2) is 91.2 Å². The van der Waals surface area contributed by atoms with Crippen LogP contribution in [0.25, 0.3) is 11.1 Å². The van der Waals surface area contributed by atoms with Gasteiger partial charge in [0.1, 0.15) is 11.5 Å². The summed E-state index contributed by atoms with van der Waals surface area (Å²) >= 11 is 0. The summed E-state index contributed by atoms with van der Waals surface area (Å²) in [7, 11) is 0. The first kappa shape index (κ1) is 16.5. The summed E-state index contributed by atoms with van der Waals surface area (Å²) in [6, 6.07) is 24.2. The van der Waals surface area contributed by atoms with Crippen LogP contribution in [0.2, 0.25) is 0 Å². The van der Waals surface area contributed by atoms with E-state index in [0.717, 1.165) is 11.1 Å². The summed E-state index contributed by atoms with van der Waals surface area (Å²) in [5.74, 6) is 1.33. The number of carbonyl (C=O) groups is 1. The lowest BCUT2D eigenvalue weighted by molar-refractivity contribution is 0.0735. The Balaban J connectivity index is 1.67. The van der Waals surface area contributed by atoms with E-state index in [4.69, 9.17) is 9.47 Å². The Hall–Kier alpha value is -3.33. The van der Waals surface area contributed by atoms with Crippen molar-refractivity contribution < 1.29 is 14.3 Å². The molecule has 0 aliphatic rings. The van der Waals surface area contributed by atoms with E-state index in [-0.39, 0.29) is 0 Å². The molecule has 0 aliphatic carbocycles. The Kier molecular flexibility index (Phi) is 4.95. The normalized spacial score (nSPS) is 10.1. The highest BCUT2D eigenvalue weighted by molar-refractivity contribution is 5.91. The number of hydrogen-bond donors (Lipinski definition) is 0. The Labute approximate surface area is 147 Å². The number of benzene rings is 3. The second-order valence-corrected chi connectivity index (χ2v) is 5.61. The van der Waals surface area contributed by atoms with Crippen molar-refractivity contribution in [2.45, 2.75) is 6.92 Å². The maximum Gasteiger partial charge on any atom is 0.343 e. The van der Waals surface area contributed by atoms with E-state index in [2.05, 4.69) is 6.58 Å². The minimum Gasteiger partial charge on any atom is -0.463 e. The minimum absolute atomic E-state index is 0.408. The summed E-state index contributed by atoms with van der Waals surface area (Å²) in [5, 5.41) is 0. The molecule has 0 aliphatic heterocycles. The van der Waals surface area contributed by atoms with E-state index in [1.807, 2.05) is 42.5 Å². The van der Waals surface area contributed by atoms with Crippen molar-refractivity contribution in [3.63, 3.8) is 0 Å². The standard InChI is InChI=1S/C22H18O3/c1-16(2)24-20-14-10-19(11-15-20)22(23)25-21-12-8-18(9-13-21)17-6-4-3-5-7-17/h3-15H,1H2,2H3. The zero-order valence-corrected chi connectivity index (χ0v) is 13.9. The van der Waals surface area contributed by atoms with E-state index in [9.17, 15) is 4.79 Å². The molecule has 0 unspecified atom stereocenters. The number of carbonyl (C=O) groups excluding carboxylic acids is 1. The van der Waals surface area contributed by atoms with Crippen LogP contribution in [-0.2, 0) is 0 Å². The lowest BCUT2D eigenvalue weighted by Gasteiger charge is -2.07. The van der Waals surface area contributed by atoms with Crippen molar-refractivity contribution in [3.05, 3.63) is 96.8 Å². The zero-order valence-electron chi connectivity index (χ0n) is 13.9. The van der Waals surface area contributed by atoms with Gasteiger partial charge >= 0.3 is 5.97 Å². The van der Waals surface area contributed by atoms with Gasteiger partial charge in [-0.05, 0) is 54.4 Å². The van der Waals surface area contributed by atoms with Crippen molar-refractivity contribution in [1.82, 2.24) is 0 Å². The molecule has 0 bridgehead atoms. The Morgan fingerprint density at radius 3 is 1.84 bits per heavy atom. The third-order valence-corrected chi connectivity index (χ3v) is 3.55. The van der Waals surface area contributed by atoms with Gasteiger partial charge in [0.25, 0.3) is 0 Å². The van der Waals surface area contributed by atoms with Crippen molar-refractivity contribution in [3.8, 4) is 22.6 Å². The first-order valence-electron chi connectivity index (χ1n) is 7.93. The summed E-state index contributed by atoms with van der Waals surface area (Å²) < 4.78 is 10.8. The minimum atomic E-state index is -0.408. The number of rotatable bonds is 5. The quantitative estimate of drug-likeness (QED) is 0.353. The fourth-order valence-electron chi connectivity index (χ4n) is 2.37. The molecule has 0 radical (unpaired) electrons. The Bertz CT molecular complexity index is 863. The summed E-state index contributed by atoms with van der Waals surface area (Å²) in [5.41, 5.74) is 2.65. The Morgan fingerprint density at radius 2 is 1.24 bits per heavy atom. The molecular weight excluding hydrogens is 312 g/mol. The molecule has 3 heteroatoms. The molecular formula is C22H18O3. The fraction of sp³-hybridized carbons (Fsp3) is 0.0455. The van der Waals surface area contributed by atoms with Crippen LogP contribution in [0.4, 0.5) is 0 Å². The average molecular weight is 330 g/mol. The summed E-state index contributed by atoms with van der Waals surface area (Å²) in [6.45, 7) is 5.44. The van der Waals surface area contributed by atoms with E-state index in [0.29, 0.717) is 22.8 Å². The van der Waals surface area contributed by atoms with E-state index in [1.165, 1.54) is 0 Å². The molecule has 3 rings (SSSR count). The Morgan fingerprint density at radius 1 is 0.720 bits per heavy atom. The molecule has 0 N–H and O–H groups in total. The molecule has 3 nitrogen and oxygen atoms in total. The van der Waals surface area contributed by atoms with Gasteiger partial charge in [-0.15, -0.1) is 0 Å². The summed E-state index contributed by atoms with van der Waals surface area (Å²) in [6.07, 6.45) is 0. The van der Waals surface area contributed by atoms with Crippen LogP contribution in [-0.4, -0.2) is 5.97 Å². The van der Waals surface area contributed by atoms with Gasteiger partial charge in [-0.25, -0.2) is 4.79 Å². The molecule has 0 heterocycles. The van der Waals surface area contributed by atoms with Crippen molar-refractivity contribution in [2.75, 3.05) is 0 Å². The highest BCUT2D eigenvalue weighted by Crippen LogP contribution is 2.23. The number of allylic oxidation sites excluding steroid dienone is 1. The molecule has 0 spiro atoms. The van der Waals surface area contributed by atoms with Gasteiger partial charge in [0.15, 0.2) is 0 Å². The smallest absolute Gasteiger partial charge is 0.343 e. The van der Waals surface area contributed by atoms with Crippen LogP contribution < -0.4 is 9.47 Å². The van der Waals surface area contributed by atoms with Gasteiger partial charge in [-0.1, -0.05) is 49.0 Å². The van der Waals surface area contributed by atoms with E-state index >= 15 is 0 Å². The molecule has 124 valence electrons. The first-order chi connectivity index (χ1) is 12.1. The largest absolute Gasteiger partial charge is 0.463 e. The van der Waals surface area contributed by atoms with Gasteiger partial charge in [0.05, 0.1) is 11.3 Å². The molecule has 0 aromatic heterocycles. The van der Waals surface area contributed by atoms with Gasteiger partial charge < -0.3 is 9.47 Å². The van der Waals surface area contributed by atoms with Crippen LogP contribution >= 0.6 is 0 Å². The zero-order chi connectivity index (χ0) is 17.6. The molecule has 0 saturated carbocycles. The number of ether oxygens (including phenoxy) is 2. The second-order valence-electron chi connectivity index (χ2n) is 5.61. The second kappa shape index (κ2) is 7.49. The lowest BCUT2D eigenvalue weighted by atomic mass is 10.1. The van der Waals surface area contributed by atoms with E-state index < -0.39 is 5.97 Å². The van der Waals surface area contributed by atoms with Gasteiger partial charge in [0.2, 0.25) is 0 Å². The predicted molar refractivity (Wildman–Crippen MR) is 98.7 cm³/mol. The molecule has 0 amide bonds. The van der Waals surface area contributed by atoms with Crippen molar-refractivity contribution >= 4 is 5.97 Å². The molecule has 0 atom stereocenters. The molecule has 0 fully saturated rings. The number of hydrogen-bond acceptors (Lipinski definition) is 3. The van der Waals surface area contributed by atoms with Crippen LogP contribution in [0, 0.1) is 0 Å². The summed E-state index contributed by atoms with van der Waals surface area (Å²) in [4.78, 5) is 12.2. The number of esters is 1. The highest BCUT2D eigenvalue weighted by atomic mass is 16.5. The third-order valence-electron chi connectivity index (χ3n) is 3.55. The highest BCUT2D eigenvalue weighted by Gasteiger charge is 2.09. The maximum absolute atomic E-state index is 12.2. The lowest BCUT2D eigenvalue weighted by Crippen LogP contribution is -2.08. The van der Waals surface area contributed by atoms with Gasteiger partial charge in [0, 0.05) is 0 Å². The maximum atomic E-state index is 12.2. The van der Waals surface area contributed by atoms with Crippen LogP contribution in [0.5, 0.6) is 11.5 Å². The van der Waals surface area contributed by atoms with E-state index in [1.54, 1.807) is 43.3 Å². The van der Waals surface area contributed by atoms with Crippen molar-refractivity contribution in [2.24, 2.45) is 0 Å². The van der Waals surface area contributed by atoms with Gasteiger partial charge in [-0.2, -0.15) is 0 Å². The topological polar surface area (TPSA) is 35.5 Å². The van der Waals surface area contributed by atoms with Crippen molar-refractivity contribution in [1.29, 1.82) is 0 Å². The fourth-order valence-corrected chi connectivity index (χ4v) is 2.37. The van der Waals surface area contributed by atoms with Gasteiger partial charge in [-0.3, -0.25) is 0 Å². The third kappa shape index (κ3) is 4.36. The molecule has 3 aromatic carbocycles.